The van der Waals surface area contributed by atoms with Crippen LogP contribution in [0, 0.1) is 5.82 Å². The highest BCUT2D eigenvalue weighted by atomic mass is 19.1. The van der Waals surface area contributed by atoms with Crippen molar-refractivity contribution in [2.75, 3.05) is 10.6 Å². The largest absolute Gasteiger partial charge is 0.322 e. The summed E-state index contributed by atoms with van der Waals surface area (Å²) in [5, 5.41) is 5.38. The molecule has 2 aromatic carbocycles. The Bertz CT molecular complexity index is 1040. The predicted molar refractivity (Wildman–Crippen MR) is 112 cm³/mol. The van der Waals surface area contributed by atoms with E-state index in [4.69, 9.17) is 0 Å². The van der Waals surface area contributed by atoms with Crippen LogP contribution in [0.15, 0.2) is 67.0 Å². The standard InChI is InChI=1S/C23H22FN3O2/c1-23(2,3)17-7-9-19(10-8-17)26-21(28)15-11-16(14-25-13-15)22(29)27-20-6-4-5-18(24)12-20/h4-14H,1-3H3,(H,26,28)(H,27,29). The van der Waals surface area contributed by atoms with E-state index in [1.165, 1.54) is 36.7 Å². The topological polar surface area (TPSA) is 71.1 Å². The van der Waals surface area contributed by atoms with Crippen molar-refractivity contribution in [1.82, 2.24) is 4.98 Å². The zero-order valence-electron chi connectivity index (χ0n) is 16.5. The van der Waals surface area contributed by atoms with E-state index in [2.05, 4.69) is 36.4 Å². The lowest BCUT2D eigenvalue weighted by atomic mass is 9.87. The zero-order valence-corrected chi connectivity index (χ0v) is 16.5. The van der Waals surface area contributed by atoms with Gasteiger partial charge in [-0.1, -0.05) is 39.0 Å². The minimum absolute atomic E-state index is 0.0236. The zero-order chi connectivity index (χ0) is 21.0. The van der Waals surface area contributed by atoms with Gasteiger partial charge in [-0.05, 0) is 47.4 Å². The van der Waals surface area contributed by atoms with Crippen LogP contribution in [0.5, 0.6) is 0 Å². The Kier molecular flexibility index (Phi) is 5.73. The Morgan fingerprint density at radius 1 is 0.828 bits per heavy atom. The van der Waals surface area contributed by atoms with Gasteiger partial charge in [-0.15, -0.1) is 0 Å². The van der Waals surface area contributed by atoms with Gasteiger partial charge in [0.25, 0.3) is 11.8 Å². The fraction of sp³-hybridized carbons (Fsp3) is 0.174. The minimum Gasteiger partial charge on any atom is -0.322 e. The minimum atomic E-state index is -0.479. The van der Waals surface area contributed by atoms with Crippen molar-refractivity contribution in [3.8, 4) is 0 Å². The highest BCUT2D eigenvalue weighted by Crippen LogP contribution is 2.23. The van der Waals surface area contributed by atoms with Gasteiger partial charge in [0.2, 0.25) is 0 Å². The lowest BCUT2D eigenvalue weighted by Gasteiger charge is -2.19. The first-order valence-electron chi connectivity index (χ1n) is 9.16. The van der Waals surface area contributed by atoms with Crippen LogP contribution in [-0.4, -0.2) is 16.8 Å². The Labute approximate surface area is 169 Å². The normalized spacial score (nSPS) is 11.0. The molecule has 29 heavy (non-hydrogen) atoms. The number of pyridine rings is 1. The monoisotopic (exact) mass is 391 g/mol. The number of anilines is 2. The van der Waals surface area contributed by atoms with Crippen LogP contribution in [0.4, 0.5) is 15.8 Å². The van der Waals surface area contributed by atoms with Crippen molar-refractivity contribution in [1.29, 1.82) is 0 Å². The number of amides is 2. The van der Waals surface area contributed by atoms with E-state index in [0.29, 0.717) is 11.4 Å². The number of nitrogens with zero attached hydrogens (tertiary/aromatic N) is 1. The summed E-state index contributed by atoms with van der Waals surface area (Å²) in [6.45, 7) is 6.35. The van der Waals surface area contributed by atoms with Crippen LogP contribution in [0.3, 0.4) is 0 Å². The second-order valence-electron chi connectivity index (χ2n) is 7.71. The first kappa shape index (κ1) is 20.2. The van der Waals surface area contributed by atoms with Gasteiger partial charge >= 0.3 is 0 Å². The summed E-state index contributed by atoms with van der Waals surface area (Å²) >= 11 is 0. The molecule has 148 valence electrons. The van der Waals surface area contributed by atoms with E-state index >= 15 is 0 Å². The molecule has 0 radical (unpaired) electrons. The molecule has 0 aliphatic heterocycles. The van der Waals surface area contributed by atoms with Gasteiger partial charge in [0.05, 0.1) is 11.1 Å². The number of carbonyl (C=O) groups excluding carboxylic acids is 2. The van der Waals surface area contributed by atoms with Crippen LogP contribution >= 0.6 is 0 Å². The maximum Gasteiger partial charge on any atom is 0.257 e. The number of halogens is 1. The van der Waals surface area contributed by atoms with E-state index in [1.807, 2.05) is 24.3 Å². The number of nitrogens with one attached hydrogen (secondary N) is 2. The molecule has 0 saturated heterocycles. The van der Waals surface area contributed by atoms with Gasteiger partial charge in [-0.2, -0.15) is 0 Å². The number of hydrogen-bond donors (Lipinski definition) is 2. The molecule has 3 aromatic rings. The molecule has 0 aliphatic rings. The first-order chi connectivity index (χ1) is 13.7. The second kappa shape index (κ2) is 8.22. The van der Waals surface area contributed by atoms with Crippen molar-refractivity contribution in [3.63, 3.8) is 0 Å². The molecule has 0 bridgehead atoms. The van der Waals surface area contributed by atoms with Crippen molar-refractivity contribution in [2.24, 2.45) is 0 Å². The van der Waals surface area contributed by atoms with Gasteiger partial charge in [0, 0.05) is 23.8 Å². The highest BCUT2D eigenvalue weighted by Gasteiger charge is 2.15. The summed E-state index contributed by atoms with van der Waals surface area (Å²) in [6, 6.07) is 14.6. The van der Waals surface area contributed by atoms with E-state index in [9.17, 15) is 14.0 Å². The molecular weight excluding hydrogens is 369 g/mol. The van der Waals surface area contributed by atoms with E-state index in [-0.39, 0.29) is 22.4 Å². The Morgan fingerprint density at radius 2 is 1.41 bits per heavy atom. The molecule has 5 nitrogen and oxygen atoms in total. The van der Waals surface area contributed by atoms with E-state index < -0.39 is 11.7 Å². The maximum absolute atomic E-state index is 13.3. The molecule has 3 rings (SSSR count). The summed E-state index contributed by atoms with van der Waals surface area (Å²) in [4.78, 5) is 28.9. The van der Waals surface area contributed by atoms with Crippen molar-refractivity contribution in [2.45, 2.75) is 26.2 Å². The van der Waals surface area contributed by atoms with Crippen LogP contribution in [0.1, 0.15) is 47.1 Å². The molecular formula is C23H22FN3O2. The number of aromatic nitrogens is 1. The molecule has 0 fully saturated rings. The van der Waals surface area contributed by atoms with Gasteiger partial charge in [-0.3, -0.25) is 14.6 Å². The van der Waals surface area contributed by atoms with Crippen molar-refractivity contribution < 1.29 is 14.0 Å². The lowest BCUT2D eigenvalue weighted by Crippen LogP contribution is -2.16. The molecule has 0 spiro atoms. The average molecular weight is 391 g/mol. The summed E-state index contributed by atoms with van der Waals surface area (Å²) in [6.07, 6.45) is 2.74. The Hall–Kier alpha value is -3.54. The van der Waals surface area contributed by atoms with Crippen molar-refractivity contribution >= 4 is 23.2 Å². The van der Waals surface area contributed by atoms with Crippen LogP contribution in [-0.2, 0) is 5.41 Å². The third-order valence-electron chi connectivity index (χ3n) is 4.35. The lowest BCUT2D eigenvalue weighted by molar-refractivity contribution is 0.102. The fourth-order valence-corrected chi connectivity index (χ4v) is 2.71. The number of hydrogen-bond acceptors (Lipinski definition) is 3. The van der Waals surface area contributed by atoms with Gasteiger partial charge < -0.3 is 10.6 Å². The molecule has 0 aliphatic carbocycles. The van der Waals surface area contributed by atoms with Gasteiger partial charge in [-0.25, -0.2) is 4.39 Å². The fourth-order valence-electron chi connectivity index (χ4n) is 2.71. The van der Waals surface area contributed by atoms with Crippen molar-refractivity contribution in [3.05, 3.63) is 89.5 Å². The molecule has 1 heterocycles. The molecule has 6 heteroatoms. The summed E-state index contributed by atoms with van der Waals surface area (Å²) < 4.78 is 13.3. The third-order valence-corrected chi connectivity index (χ3v) is 4.35. The molecule has 1 aromatic heterocycles. The number of benzene rings is 2. The van der Waals surface area contributed by atoms with Gasteiger partial charge in [0.1, 0.15) is 5.82 Å². The summed E-state index contributed by atoms with van der Waals surface area (Å²) in [5.74, 6) is -1.31. The predicted octanol–water partition coefficient (Wildman–Crippen LogP) is 5.02. The second-order valence-corrected chi connectivity index (χ2v) is 7.71. The smallest absolute Gasteiger partial charge is 0.257 e. The Balaban J connectivity index is 1.71. The quantitative estimate of drug-likeness (QED) is 0.656. The van der Waals surface area contributed by atoms with E-state index in [0.717, 1.165) is 5.56 Å². The van der Waals surface area contributed by atoms with Gasteiger partial charge in [0.15, 0.2) is 0 Å². The average Bonchev–Trinajstić information content (AvgIpc) is 2.68. The van der Waals surface area contributed by atoms with Crippen LogP contribution in [0.2, 0.25) is 0 Å². The number of rotatable bonds is 4. The molecule has 0 saturated carbocycles. The molecule has 0 atom stereocenters. The maximum atomic E-state index is 13.3. The SMILES string of the molecule is CC(C)(C)c1ccc(NC(=O)c2cncc(C(=O)Nc3cccc(F)c3)c2)cc1. The summed E-state index contributed by atoms with van der Waals surface area (Å²) in [5.41, 5.74) is 2.60. The van der Waals surface area contributed by atoms with Crippen LogP contribution in [0.25, 0.3) is 0 Å². The molecule has 2 N–H and O–H groups in total. The number of carbonyl (C=O) groups is 2. The third kappa shape index (κ3) is 5.25. The molecule has 2 amide bonds. The Morgan fingerprint density at radius 3 is 1.97 bits per heavy atom. The first-order valence-corrected chi connectivity index (χ1v) is 9.16. The highest BCUT2D eigenvalue weighted by molar-refractivity contribution is 6.08. The van der Waals surface area contributed by atoms with Crippen LogP contribution < -0.4 is 10.6 Å². The molecule has 0 unspecified atom stereocenters. The summed E-state index contributed by atoms with van der Waals surface area (Å²) in [7, 11) is 0. The van der Waals surface area contributed by atoms with E-state index in [1.54, 1.807) is 6.07 Å².